The molecule has 1 atom stereocenters. The van der Waals surface area contributed by atoms with E-state index >= 15 is 0 Å². The predicted molar refractivity (Wildman–Crippen MR) is 129 cm³/mol. The highest BCUT2D eigenvalue weighted by atomic mass is 35.5. The number of nitrogens with one attached hydrogen (secondary N) is 1. The standard InChI is InChI=1S/C24H23ClN4O3S/c25-18-7-5-16(6-8-18)17-13-29(14-17)24-27-20-2-1-11-33(32)22(20)23(28-24)26-19-9-3-15(4-10-19)12-21(30)31/h3-10,17H,1-2,11-14H2,(H,30,31)(H,26,27,28)/t33-/m0/s1. The zero-order valence-corrected chi connectivity index (χ0v) is 19.4. The van der Waals surface area contributed by atoms with Gasteiger partial charge in [-0.15, -0.1) is 0 Å². The van der Waals surface area contributed by atoms with Gasteiger partial charge in [-0.1, -0.05) is 35.9 Å². The number of benzene rings is 2. The first-order valence-corrected chi connectivity index (χ1v) is 12.5. The number of carbonyl (C=O) groups is 1. The summed E-state index contributed by atoms with van der Waals surface area (Å²) < 4.78 is 12.8. The molecule has 3 aromatic rings. The molecule has 1 saturated heterocycles. The number of nitrogens with zero attached hydrogens (tertiary/aromatic N) is 3. The van der Waals surface area contributed by atoms with Gasteiger partial charge in [-0.2, -0.15) is 4.98 Å². The third-order valence-corrected chi connectivity index (χ3v) is 7.77. The molecule has 3 heterocycles. The van der Waals surface area contributed by atoms with Crippen LogP contribution >= 0.6 is 11.6 Å². The van der Waals surface area contributed by atoms with Gasteiger partial charge in [-0.25, -0.2) is 4.98 Å². The fourth-order valence-corrected chi connectivity index (χ4v) is 5.66. The Kier molecular flexibility index (Phi) is 6.03. The Morgan fingerprint density at radius 3 is 2.55 bits per heavy atom. The van der Waals surface area contributed by atoms with Gasteiger partial charge in [0.05, 0.1) is 22.9 Å². The first-order chi connectivity index (χ1) is 16.0. The van der Waals surface area contributed by atoms with Crippen molar-refractivity contribution in [3.05, 3.63) is 70.4 Å². The van der Waals surface area contributed by atoms with E-state index in [9.17, 15) is 9.00 Å². The van der Waals surface area contributed by atoms with Gasteiger partial charge < -0.3 is 15.3 Å². The molecule has 1 aromatic heterocycles. The predicted octanol–water partition coefficient (Wildman–Crippen LogP) is 4.16. The van der Waals surface area contributed by atoms with Crippen LogP contribution in [0.4, 0.5) is 17.5 Å². The number of carboxylic acid groups (broad SMARTS) is 1. The topological polar surface area (TPSA) is 95.4 Å². The molecule has 0 spiro atoms. The highest BCUT2D eigenvalue weighted by Crippen LogP contribution is 2.35. The lowest BCUT2D eigenvalue weighted by Crippen LogP contribution is -2.46. The van der Waals surface area contributed by atoms with Crippen molar-refractivity contribution in [1.82, 2.24) is 9.97 Å². The van der Waals surface area contributed by atoms with Crippen LogP contribution in [0.1, 0.15) is 29.2 Å². The molecule has 2 aliphatic rings. The van der Waals surface area contributed by atoms with Gasteiger partial charge in [-0.05, 0) is 48.2 Å². The summed E-state index contributed by atoms with van der Waals surface area (Å²) in [7, 11) is -1.15. The van der Waals surface area contributed by atoms with Crippen LogP contribution in [0.3, 0.4) is 0 Å². The van der Waals surface area contributed by atoms with E-state index in [4.69, 9.17) is 26.7 Å². The molecule has 170 valence electrons. The van der Waals surface area contributed by atoms with E-state index < -0.39 is 16.8 Å². The van der Waals surface area contributed by atoms with Crippen molar-refractivity contribution in [2.45, 2.75) is 30.1 Å². The van der Waals surface area contributed by atoms with Crippen LogP contribution in [0.15, 0.2) is 53.4 Å². The number of halogens is 1. The van der Waals surface area contributed by atoms with Crippen molar-refractivity contribution in [3.8, 4) is 0 Å². The number of anilines is 3. The maximum absolute atomic E-state index is 12.8. The van der Waals surface area contributed by atoms with Crippen molar-refractivity contribution in [2.75, 3.05) is 29.1 Å². The molecule has 2 aromatic carbocycles. The van der Waals surface area contributed by atoms with Gasteiger partial charge in [0.15, 0.2) is 5.82 Å². The number of aromatic nitrogens is 2. The number of aliphatic carboxylic acids is 1. The molecule has 2 N–H and O–H groups in total. The molecule has 0 saturated carbocycles. The van der Waals surface area contributed by atoms with Gasteiger partial charge >= 0.3 is 5.97 Å². The Labute approximate surface area is 199 Å². The van der Waals surface area contributed by atoms with Crippen LogP contribution in [-0.2, 0) is 28.4 Å². The van der Waals surface area contributed by atoms with E-state index in [-0.39, 0.29) is 6.42 Å². The molecule has 5 rings (SSSR count). The van der Waals surface area contributed by atoms with Gasteiger partial charge in [0, 0.05) is 35.5 Å². The third kappa shape index (κ3) is 4.72. The zero-order valence-electron chi connectivity index (χ0n) is 17.8. The molecule has 0 bridgehead atoms. The van der Waals surface area contributed by atoms with E-state index in [0.29, 0.717) is 28.3 Å². The molecule has 0 aliphatic carbocycles. The Hall–Kier alpha value is -2.97. The average Bonchev–Trinajstić information content (AvgIpc) is 2.75. The van der Waals surface area contributed by atoms with E-state index in [1.165, 1.54) is 5.56 Å². The Balaban J connectivity index is 1.39. The smallest absolute Gasteiger partial charge is 0.307 e. The highest BCUT2D eigenvalue weighted by molar-refractivity contribution is 7.85. The van der Waals surface area contributed by atoms with Crippen molar-refractivity contribution in [1.29, 1.82) is 0 Å². The Morgan fingerprint density at radius 2 is 1.85 bits per heavy atom. The third-order valence-electron chi connectivity index (χ3n) is 5.97. The largest absolute Gasteiger partial charge is 0.481 e. The number of hydrogen-bond donors (Lipinski definition) is 2. The summed E-state index contributed by atoms with van der Waals surface area (Å²) in [5, 5.41) is 13.0. The fraction of sp³-hybridized carbons (Fsp3) is 0.292. The lowest BCUT2D eigenvalue weighted by molar-refractivity contribution is -0.136. The van der Waals surface area contributed by atoms with Crippen molar-refractivity contribution in [3.63, 3.8) is 0 Å². The van der Waals surface area contributed by atoms with E-state index in [0.717, 1.165) is 47.9 Å². The number of aryl methyl sites for hydroxylation is 1. The second-order valence-electron chi connectivity index (χ2n) is 8.35. The summed E-state index contributed by atoms with van der Waals surface area (Å²) in [5.74, 6) is 1.34. The normalized spacial score (nSPS) is 17.8. The van der Waals surface area contributed by atoms with Crippen molar-refractivity contribution in [2.24, 2.45) is 0 Å². The molecule has 0 unspecified atom stereocenters. The number of hydrogen-bond acceptors (Lipinski definition) is 6. The second kappa shape index (κ2) is 9.11. The number of fused-ring (bicyclic) bond motifs is 1. The maximum atomic E-state index is 12.8. The minimum atomic E-state index is -1.15. The monoisotopic (exact) mass is 482 g/mol. The number of rotatable bonds is 6. The second-order valence-corrected chi connectivity index (χ2v) is 10.3. The van der Waals surface area contributed by atoms with Gasteiger partial charge in [-0.3, -0.25) is 9.00 Å². The minimum Gasteiger partial charge on any atom is -0.481 e. The van der Waals surface area contributed by atoms with Gasteiger partial charge in [0.1, 0.15) is 4.90 Å². The molecular formula is C24H23ClN4O3S. The molecule has 7 nitrogen and oxygen atoms in total. The molecular weight excluding hydrogens is 460 g/mol. The fourth-order valence-electron chi connectivity index (χ4n) is 4.20. The van der Waals surface area contributed by atoms with Gasteiger partial charge in [0.25, 0.3) is 0 Å². The first-order valence-electron chi connectivity index (χ1n) is 10.8. The first kappa shape index (κ1) is 21.9. The van der Waals surface area contributed by atoms with Crippen molar-refractivity contribution >= 4 is 45.8 Å². The van der Waals surface area contributed by atoms with Crippen LogP contribution in [0.2, 0.25) is 5.02 Å². The summed E-state index contributed by atoms with van der Waals surface area (Å²) in [6.07, 6.45) is 1.59. The van der Waals surface area contributed by atoms with E-state index in [1.54, 1.807) is 12.1 Å². The molecule has 9 heteroatoms. The summed E-state index contributed by atoms with van der Waals surface area (Å²) in [6.45, 7) is 1.62. The maximum Gasteiger partial charge on any atom is 0.307 e. The van der Waals surface area contributed by atoms with E-state index in [2.05, 4.69) is 22.3 Å². The zero-order chi connectivity index (χ0) is 22.9. The molecule has 1 fully saturated rings. The quantitative estimate of drug-likeness (QED) is 0.544. The summed E-state index contributed by atoms with van der Waals surface area (Å²) in [5.41, 5.74) is 3.57. The summed E-state index contributed by atoms with van der Waals surface area (Å²) in [6, 6.07) is 15.1. The number of carboxylic acids is 1. The van der Waals surface area contributed by atoms with Crippen LogP contribution in [-0.4, -0.2) is 44.1 Å². The van der Waals surface area contributed by atoms with Crippen molar-refractivity contribution < 1.29 is 14.1 Å². The lowest BCUT2D eigenvalue weighted by Gasteiger charge is -2.40. The minimum absolute atomic E-state index is 0.0267. The van der Waals surface area contributed by atoms with Crippen LogP contribution in [0.25, 0.3) is 0 Å². The molecule has 2 aliphatic heterocycles. The SMILES string of the molecule is O=C(O)Cc1ccc(Nc2nc(N3CC(c4ccc(Cl)cc4)C3)nc3c2[S@@](=O)CCC3)cc1. The molecule has 0 radical (unpaired) electrons. The molecule has 33 heavy (non-hydrogen) atoms. The Bertz CT molecular complexity index is 1210. The highest BCUT2D eigenvalue weighted by Gasteiger charge is 2.32. The summed E-state index contributed by atoms with van der Waals surface area (Å²) in [4.78, 5) is 23.3. The molecule has 0 amide bonds. The van der Waals surface area contributed by atoms with E-state index in [1.807, 2.05) is 24.3 Å². The van der Waals surface area contributed by atoms with Crippen LogP contribution in [0, 0.1) is 0 Å². The lowest BCUT2D eigenvalue weighted by atomic mass is 9.92. The Morgan fingerprint density at radius 1 is 1.12 bits per heavy atom. The average molecular weight is 483 g/mol. The summed E-state index contributed by atoms with van der Waals surface area (Å²) >= 11 is 6.01. The van der Waals surface area contributed by atoms with Crippen LogP contribution < -0.4 is 10.2 Å². The van der Waals surface area contributed by atoms with Crippen LogP contribution in [0.5, 0.6) is 0 Å². The van der Waals surface area contributed by atoms with Gasteiger partial charge in [0.2, 0.25) is 5.95 Å².